The van der Waals surface area contributed by atoms with Crippen LogP contribution in [0.1, 0.15) is 46.5 Å². The summed E-state index contributed by atoms with van der Waals surface area (Å²) < 4.78 is 5.37. The Kier molecular flexibility index (Phi) is 4.74. The Morgan fingerprint density at radius 1 is 1.27 bits per heavy atom. The molecule has 2 heterocycles. The van der Waals surface area contributed by atoms with Crippen molar-refractivity contribution in [2.45, 2.75) is 58.1 Å². The number of hydrogen-bond donors (Lipinski definition) is 0. The molecule has 2 rings (SSSR count). The Bertz CT molecular complexity index is 523. The van der Waals surface area contributed by atoms with E-state index in [9.17, 15) is 14.4 Å². The lowest BCUT2D eigenvalue weighted by Crippen LogP contribution is -2.39. The molecule has 0 saturated carbocycles. The van der Waals surface area contributed by atoms with Gasteiger partial charge in [0.25, 0.3) is 0 Å². The normalized spacial score (nSPS) is 21.9. The van der Waals surface area contributed by atoms with E-state index in [0.29, 0.717) is 6.54 Å². The van der Waals surface area contributed by atoms with Gasteiger partial charge in [-0.2, -0.15) is 0 Å². The average molecular weight is 306 g/mol. The van der Waals surface area contributed by atoms with E-state index in [1.165, 1.54) is 4.90 Å². The summed E-state index contributed by atoms with van der Waals surface area (Å²) in [6.45, 7) is 6.21. The summed E-state index contributed by atoms with van der Waals surface area (Å²) in [6, 6.07) is -0.206. The molecule has 0 aromatic carbocycles. The van der Waals surface area contributed by atoms with Gasteiger partial charge in [0.1, 0.15) is 5.60 Å². The van der Waals surface area contributed by atoms with Crippen molar-refractivity contribution in [2.24, 2.45) is 0 Å². The first-order valence-corrected chi connectivity index (χ1v) is 7.59. The van der Waals surface area contributed by atoms with Gasteiger partial charge in [0.2, 0.25) is 11.8 Å². The molecule has 6 nitrogen and oxygen atoms in total. The molecule has 2 fully saturated rings. The zero-order valence-electron chi connectivity index (χ0n) is 13.3. The SMILES string of the molecule is CC(C)(C)OC(=O)N1CCC[C@@H]1C#CCN1C(=O)CCC1=O. The molecule has 2 saturated heterocycles. The Hall–Kier alpha value is -2.03. The van der Waals surface area contributed by atoms with Crippen LogP contribution in [0.4, 0.5) is 4.79 Å². The second-order valence-electron chi connectivity index (χ2n) is 6.53. The van der Waals surface area contributed by atoms with Gasteiger partial charge in [-0.15, -0.1) is 0 Å². The van der Waals surface area contributed by atoms with Crippen molar-refractivity contribution in [2.75, 3.05) is 13.1 Å². The Morgan fingerprint density at radius 3 is 2.50 bits per heavy atom. The first kappa shape index (κ1) is 16.3. The van der Waals surface area contributed by atoms with Crippen LogP contribution in [0, 0.1) is 11.8 Å². The molecule has 0 N–H and O–H groups in total. The number of hydrogen-bond acceptors (Lipinski definition) is 4. The van der Waals surface area contributed by atoms with Crippen LogP contribution in [0.15, 0.2) is 0 Å². The lowest BCUT2D eigenvalue weighted by molar-refractivity contribution is -0.137. The predicted octanol–water partition coefficient (Wildman–Crippen LogP) is 1.54. The van der Waals surface area contributed by atoms with Crippen LogP contribution in [0.3, 0.4) is 0 Å². The van der Waals surface area contributed by atoms with Crippen LogP contribution < -0.4 is 0 Å². The highest BCUT2D eigenvalue weighted by Gasteiger charge is 2.31. The Morgan fingerprint density at radius 2 is 1.91 bits per heavy atom. The molecule has 22 heavy (non-hydrogen) atoms. The molecule has 2 aliphatic heterocycles. The third-order valence-electron chi connectivity index (χ3n) is 3.54. The molecular formula is C16H22N2O4. The summed E-state index contributed by atoms with van der Waals surface area (Å²) in [5.41, 5.74) is -0.536. The summed E-state index contributed by atoms with van der Waals surface area (Å²) in [6.07, 6.45) is 1.84. The van der Waals surface area contributed by atoms with Crippen LogP contribution in [0.2, 0.25) is 0 Å². The number of carbonyl (C=O) groups is 3. The van der Waals surface area contributed by atoms with Crippen molar-refractivity contribution < 1.29 is 19.1 Å². The number of imide groups is 1. The molecule has 6 heteroatoms. The quantitative estimate of drug-likeness (QED) is 0.544. The average Bonchev–Trinajstić information content (AvgIpc) is 2.98. The smallest absolute Gasteiger partial charge is 0.411 e. The van der Waals surface area contributed by atoms with Gasteiger partial charge in [0.15, 0.2) is 0 Å². The minimum absolute atomic E-state index is 0.107. The number of rotatable bonds is 1. The fraction of sp³-hybridized carbons (Fsp3) is 0.688. The van der Waals surface area contributed by atoms with Gasteiger partial charge in [-0.3, -0.25) is 19.4 Å². The van der Waals surface area contributed by atoms with Gasteiger partial charge in [-0.25, -0.2) is 4.79 Å². The third-order valence-corrected chi connectivity index (χ3v) is 3.54. The summed E-state index contributed by atoms with van der Waals surface area (Å²) in [5.74, 6) is 5.51. The number of carbonyl (C=O) groups excluding carboxylic acids is 3. The first-order chi connectivity index (χ1) is 10.3. The number of nitrogens with zero attached hydrogens (tertiary/aromatic N) is 2. The number of amides is 3. The van der Waals surface area contributed by atoms with Gasteiger partial charge in [-0.1, -0.05) is 11.8 Å². The largest absolute Gasteiger partial charge is 0.444 e. The van der Waals surface area contributed by atoms with Crippen molar-refractivity contribution in [1.29, 1.82) is 0 Å². The third kappa shape index (κ3) is 4.00. The lowest BCUT2D eigenvalue weighted by atomic mass is 10.2. The van der Waals surface area contributed by atoms with Crippen molar-refractivity contribution in [3.63, 3.8) is 0 Å². The summed E-state index contributed by atoms with van der Waals surface area (Å²) >= 11 is 0. The predicted molar refractivity (Wildman–Crippen MR) is 79.7 cm³/mol. The zero-order chi connectivity index (χ0) is 16.3. The molecule has 120 valence electrons. The monoisotopic (exact) mass is 306 g/mol. The Labute approximate surface area is 130 Å². The highest BCUT2D eigenvalue weighted by Crippen LogP contribution is 2.20. The molecule has 0 aromatic heterocycles. The summed E-state index contributed by atoms with van der Waals surface area (Å²) in [4.78, 5) is 37.9. The maximum atomic E-state index is 12.1. The second kappa shape index (κ2) is 6.39. The van der Waals surface area contributed by atoms with Gasteiger partial charge >= 0.3 is 6.09 Å². The van der Waals surface area contributed by atoms with Gasteiger partial charge in [0.05, 0.1) is 12.6 Å². The molecular weight excluding hydrogens is 284 g/mol. The fourth-order valence-corrected chi connectivity index (χ4v) is 2.50. The molecule has 0 bridgehead atoms. The van der Waals surface area contributed by atoms with Crippen LogP contribution in [-0.2, 0) is 14.3 Å². The van der Waals surface area contributed by atoms with Gasteiger partial charge in [0, 0.05) is 19.4 Å². The minimum atomic E-state index is -0.536. The van der Waals surface area contributed by atoms with Crippen molar-refractivity contribution in [3.8, 4) is 11.8 Å². The maximum Gasteiger partial charge on any atom is 0.411 e. The topological polar surface area (TPSA) is 66.9 Å². The summed E-state index contributed by atoms with van der Waals surface area (Å²) in [5, 5.41) is 0. The van der Waals surface area contributed by atoms with Gasteiger partial charge < -0.3 is 4.74 Å². The zero-order valence-corrected chi connectivity index (χ0v) is 13.3. The highest BCUT2D eigenvalue weighted by molar-refractivity contribution is 6.02. The molecule has 2 aliphatic rings. The highest BCUT2D eigenvalue weighted by atomic mass is 16.6. The van der Waals surface area contributed by atoms with Crippen LogP contribution in [0.25, 0.3) is 0 Å². The second-order valence-corrected chi connectivity index (χ2v) is 6.53. The van der Waals surface area contributed by atoms with E-state index in [2.05, 4.69) is 11.8 Å². The van der Waals surface area contributed by atoms with Crippen LogP contribution in [0.5, 0.6) is 0 Å². The van der Waals surface area contributed by atoms with E-state index in [-0.39, 0.29) is 43.3 Å². The van der Waals surface area contributed by atoms with Crippen molar-refractivity contribution in [3.05, 3.63) is 0 Å². The molecule has 0 spiro atoms. The first-order valence-electron chi connectivity index (χ1n) is 7.59. The van der Waals surface area contributed by atoms with E-state index >= 15 is 0 Å². The van der Waals surface area contributed by atoms with Gasteiger partial charge in [-0.05, 0) is 33.6 Å². The molecule has 0 unspecified atom stereocenters. The van der Waals surface area contributed by atoms with E-state index in [1.54, 1.807) is 4.90 Å². The Balaban J connectivity index is 1.94. The standard InChI is InChI=1S/C16H22N2O4/c1-16(2,3)22-15(21)17-10-4-6-12(17)7-5-11-18-13(19)8-9-14(18)20/h12H,4,6,8-11H2,1-3H3/t12-/m1/s1. The molecule has 0 radical (unpaired) electrons. The van der Waals surface area contributed by atoms with E-state index in [0.717, 1.165) is 12.8 Å². The fourth-order valence-electron chi connectivity index (χ4n) is 2.50. The van der Waals surface area contributed by atoms with E-state index in [4.69, 9.17) is 4.74 Å². The van der Waals surface area contributed by atoms with E-state index < -0.39 is 5.60 Å². The molecule has 1 atom stereocenters. The van der Waals surface area contributed by atoms with Crippen LogP contribution >= 0.6 is 0 Å². The summed E-state index contributed by atoms with van der Waals surface area (Å²) in [7, 11) is 0. The number of likely N-dealkylation sites (tertiary alicyclic amines) is 2. The van der Waals surface area contributed by atoms with Crippen molar-refractivity contribution in [1.82, 2.24) is 9.80 Å². The molecule has 0 aliphatic carbocycles. The minimum Gasteiger partial charge on any atom is -0.444 e. The number of ether oxygens (including phenoxy) is 1. The van der Waals surface area contributed by atoms with Crippen LogP contribution in [-0.4, -0.2) is 52.4 Å². The molecule has 3 amide bonds. The van der Waals surface area contributed by atoms with Crippen molar-refractivity contribution >= 4 is 17.9 Å². The molecule has 0 aromatic rings. The maximum absolute atomic E-state index is 12.1. The van der Waals surface area contributed by atoms with E-state index in [1.807, 2.05) is 20.8 Å². The lowest BCUT2D eigenvalue weighted by Gasteiger charge is -2.26.